The van der Waals surface area contributed by atoms with Crippen LogP contribution in [0.1, 0.15) is 30.0 Å². The van der Waals surface area contributed by atoms with Gasteiger partial charge in [-0.2, -0.15) is 4.68 Å². The van der Waals surface area contributed by atoms with Gasteiger partial charge in [-0.15, -0.1) is 5.10 Å². The zero-order valence-electron chi connectivity index (χ0n) is 17.2. The van der Waals surface area contributed by atoms with Gasteiger partial charge in [0.25, 0.3) is 11.5 Å². The van der Waals surface area contributed by atoms with Gasteiger partial charge in [-0.05, 0) is 36.1 Å². The molecule has 0 saturated carbocycles. The Morgan fingerprint density at radius 1 is 1.16 bits per heavy atom. The fourth-order valence-corrected chi connectivity index (χ4v) is 3.61. The number of rotatable bonds is 6. The summed E-state index contributed by atoms with van der Waals surface area (Å²) in [6.45, 7) is 0.217. The van der Waals surface area contributed by atoms with Crippen molar-refractivity contribution in [1.29, 1.82) is 0 Å². The Morgan fingerprint density at radius 2 is 1.94 bits per heavy atom. The number of nitrogens with one attached hydrogen (secondary N) is 2. The first-order valence-electron chi connectivity index (χ1n) is 10.2. The predicted molar refractivity (Wildman–Crippen MR) is 115 cm³/mol. The molecule has 10 heteroatoms. The lowest BCUT2D eigenvalue weighted by molar-refractivity contribution is -0.136. The van der Waals surface area contributed by atoms with Crippen LogP contribution in [0.2, 0.25) is 0 Å². The molecular weight excluding hydrogens is 412 g/mol. The standard InChI is InChI=1S/C22H22N6O4/c23-16(10-13-4-2-1-3-5-13)20(30)24-12-14-6-7-15-17(11-14)26-27-28(22(15)32)18-8-9-19(29)25-21(18)31/h1-7,11,16,18H,8-10,12,23H2,(H,24,30)(H,25,29,31)/t16-,18?/m1/s1. The summed E-state index contributed by atoms with van der Waals surface area (Å²) in [6, 6.07) is 12.9. The van der Waals surface area contributed by atoms with Crippen LogP contribution in [0.25, 0.3) is 10.9 Å². The van der Waals surface area contributed by atoms with Crippen molar-refractivity contribution in [2.24, 2.45) is 5.73 Å². The van der Waals surface area contributed by atoms with E-state index in [0.29, 0.717) is 17.3 Å². The Hall–Kier alpha value is -3.92. The number of hydrogen-bond donors (Lipinski definition) is 3. The van der Waals surface area contributed by atoms with Gasteiger partial charge < -0.3 is 11.1 Å². The normalized spacial score (nSPS) is 17.1. The van der Waals surface area contributed by atoms with Crippen molar-refractivity contribution < 1.29 is 14.4 Å². The average molecular weight is 434 g/mol. The van der Waals surface area contributed by atoms with Gasteiger partial charge in [0.2, 0.25) is 11.8 Å². The van der Waals surface area contributed by atoms with Crippen LogP contribution >= 0.6 is 0 Å². The van der Waals surface area contributed by atoms with E-state index in [1.54, 1.807) is 18.2 Å². The minimum atomic E-state index is -0.873. The van der Waals surface area contributed by atoms with E-state index in [-0.39, 0.29) is 31.2 Å². The highest BCUT2D eigenvalue weighted by Gasteiger charge is 2.30. The third kappa shape index (κ3) is 4.54. The van der Waals surface area contributed by atoms with E-state index in [1.807, 2.05) is 30.3 Å². The van der Waals surface area contributed by atoms with Crippen LogP contribution in [0.4, 0.5) is 0 Å². The molecule has 0 radical (unpaired) electrons. The summed E-state index contributed by atoms with van der Waals surface area (Å²) in [5, 5.41) is 13.2. The Bertz CT molecular complexity index is 1240. The van der Waals surface area contributed by atoms with Crippen molar-refractivity contribution in [3.63, 3.8) is 0 Å². The summed E-state index contributed by atoms with van der Waals surface area (Å²) in [5.41, 5.74) is 7.58. The van der Waals surface area contributed by atoms with E-state index >= 15 is 0 Å². The summed E-state index contributed by atoms with van der Waals surface area (Å²) >= 11 is 0. The molecule has 1 unspecified atom stereocenters. The fraction of sp³-hybridized carbons (Fsp3) is 0.273. The fourth-order valence-electron chi connectivity index (χ4n) is 3.61. The lowest BCUT2D eigenvalue weighted by Crippen LogP contribution is -2.45. The van der Waals surface area contributed by atoms with Crippen molar-refractivity contribution in [2.75, 3.05) is 0 Å². The number of carbonyl (C=O) groups is 3. The lowest BCUT2D eigenvalue weighted by Gasteiger charge is -2.21. The Labute approximate surface area is 182 Å². The molecule has 0 spiro atoms. The number of piperidine rings is 1. The minimum Gasteiger partial charge on any atom is -0.351 e. The smallest absolute Gasteiger partial charge is 0.278 e. The third-order valence-corrected chi connectivity index (χ3v) is 5.36. The molecule has 3 aromatic rings. The molecule has 32 heavy (non-hydrogen) atoms. The molecule has 4 rings (SSSR count). The van der Waals surface area contributed by atoms with Crippen LogP contribution in [-0.4, -0.2) is 38.8 Å². The first kappa shape index (κ1) is 21.3. The first-order chi connectivity index (χ1) is 15.4. The lowest BCUT2D eigenvalue weighted by atomic mass is 10.1. The molecule has 164 valence electrons. The van der Waals surface area contributed by atoms with Gasteiger partial charge in [-0.25, -0.2) is 0 Å². The van der Waals surface area contributed by atoms with Crippen molar-refractivity contribution in [3.8, 4) is 0 Å². The monoisotopic (exact) mass is 434 g/mol. The van der Waals surface area contributed by atoms with E-state index in [9.17, 15) is 19.2 Å². The number of nitrogens with two attached hydrogens (primary N) is 1. The van der Waals surface area contributed by atoms with Crippen LogP contribution < -0.4 is 21.9 Å². The molecular formula is C22H22N6O4. The number of fused-ring (bicyclic) bond motifs is 1. The van der Waals surface area contributed by atoms with Gasteiger partial charge in [0.1, 0.15) is 11.6 Å². The molecule has 3 amide bonds. The quantitative estimate of drug-likeness (QED) is 0.461. The number of hydrogen-bond acceptors (Lipinski definition) is 7. The molecule has 1 aromatic heterocycles. The van der Waals surface area contributed by atoms with Crippen LogP contribution in [0.3, 0.4) is 0 Å². The van der Waals surface area contributed by atoms with E-state index in [0.717, 1.165) is 15.8 Å². The molecule has 1 saturated heterocycles. The molecule has 10 nitrogen and oxygen atoms in total. The second-order valence-electron chi connectivity index (χ2n) is 7.67. The van der Waals surface area contributed by atoms with E-state index in [2.05, 4.69) is 20.9 Å². The van der Waals surface area contributed by atoms with Crippen LogP contribution in [0.5, 0.6) is 0 Å². The summed E-state index contributed by atoms with van der Waals surface area (Å²) in [6.07, 6.45) is 0.751. The average Bonchev–Trinajstić information content (AvgIpc) is 2.79. The molecule has 0 aliphatic carbocycles. The minimum absolute atomic E-state index is 0.133. The summed E-state index contributed by atoms with van der Waals surface area (Å²) in [4.78, 5) is 48.5. The maximum Gasteiger partial charge on any atom is 0.278 e. The number of amides is 3. The summed E-state index contributed by atoms with van der Waals surface area (Å²) in [7, 11) is 0. The highest BCUT2D eigenvalue weighted by Crippen LogP contribution is 2.17. The summed E-state index contributed by atoms with van der Waals surface area (Å²) < 4.78 is 1.01. The van der Waals surface area contributed by atoms with Crippen molar-refractivity contribution in [2.45, 2.75) is 37.9 Å². The largest absolute Gasteiger partial charge is 0.351 e. The second kappa shape index (κ2) is 9.06. The predicted octanol–water partition coefficient (Wildman–Crippen LogP) is -0.0446. The van der Waals surface area contributed by atoms with E-state index in [4.69, 9.17) is 5.73 Å². The second-order valence-corrected chi connectivity index (χ2v) is 7.67. The first-order valence-corrected chi connectivity index (χ1v) is 10.2. The Kier molecular flexibility index (Phi) is 6.04. The maximum absolute atomic E-state index is 12.8. The molecule has 4 N–H and O–H groups in total. The van der Waals surface area contributed by atoms with Crippen molar-refractivity contribution in [3.05, 3.63) is 70.0 Å². The number of carbonyl (C=O) groups excluding carboxylic acids is 3. The number of aromatic nitrogens is 3. The topological polar surface area (TPSA) is 149 Å². The highest BCUT2D eigenvalue weighted by atomic mass is 16.2. The zero-order valence-corrected chi connectivity index (χ0v) is 17.2. The Balaban J connectivity index is 1.45. The van der Waals surface area contributed by atoms with E-state index in [1.165, 1.54) is 0 Å². The molecule has 1 aliphatic rings. The van der Waals surface area contributed by atoms with Gasteiger partial charge in [0.05, 0.1) is 11.4 Å². The SMILES string of the molecule is N[C@H](Cc1ccccc1)C(=O)NCc1ccc2c(=O)n(C3CCC(=O)NC3=O)nnc2c1. The molecule has 1 fully saturated rings. The molecule has 2 heterocycles. The zero-order chi connectivity index (χ0) is 22.7. The van der Waals surface area contributed by atoms with Crippen molar-refractivity contribution >= 4 is 28.6 Å². The maximum atomic E-state index is 12.8. The summed E-state index contributed by atoms with van der Waals surface area (Å²) in [5.74, 6) is -1.22. The highest BCUT2D eigenvalue weighted by molar-refractivity contribution is 5.99. The molecule has 1 aliphatic heterocycles. The van der Waals surface area contributed by atoms with Crippen molar-refractivity contribution in [1.82, 2.24) is 25.6 Å². The number of imide groups is 1. The molecule has 2 atom stereocenters. The van der Waals surface area contributed by atoms with Crippen LogP contribution in [0.15, 0.2) is 53.3 Å². The number of nitrogens with zero attached hydrogens (tertiary/aromatic N) is 3. The van der Waals surface area contributed by atoms with Gasteiger partial charge in [-0.3, -0.25) is 24.5 Å². The van der Waals surface area contributed by atoms with Crippen LogP contribution in [0, 0.1) is 0 Å². The third-order valence-electron chi connectivity index (χ3n) is 5.36. The molecule has 2 aromatic carbocycles. The van der Waals surface area contributed by atoms with E-state index < -0.39 is 23.6 Å². The van der Waals surface area contributed by atoms with Gasteiger partial charge in [0, 0.05) is 13.0 Å². The van der Waals surface area contributed by atoms with Gasteiger partial charge >= 0.3 is 0 Å². The van der Waals surface area contributed by atoms with Gasteiger partial charge in [-0.1, -0.05) is 41.6 Å². The molecule has 0 bridgehead atoms. The number of benzene rings is 2. The Morgan fingerprint density at radius 3 is 2.69 bits per heavy atom. The van der Waals surface area contributed by atoms with Crippen LogP contribution in [-0.2, 0) is 27.3 Å². The van der Waals surface area contributed by atoms with Gasteiger partial charge in [0.15, 0.2) is 0 Å².